The molecule has 8 heteroatoms. The van der Waals surface area contributed by atoms with E-state index in [-0.39, 0.29) is 11.9 Å². The number of fused-ring (bicyclic) bond motifs is 1. The minimum atomic E-state index is 0.0583. The van der Waals surface area contributed by atoms with Crippen LogP contribution in [-0.4, -0.2) is 65.3 Å². The lowest BCUT2D eigenvalue weighted by atomic mass is 9.95. The van der Waals surface area contributed by atoms with Gasteiger partial charge in [-0.2, -0.15) is 5.10 Å². The third-order valence-corrected chi connectivity index (χ3v) is 7.35. The van der Waals surface area contributed by atoms with E-state index in [0.717, 1.165) is 60.5 Å². The van der Waals surface area contributed by atoms with Gasteiger partial charge in [-0.15, -0.1) is 0 Å². The minimum absolute atomic E-state index is 0.0583. The second-order valence-electron chi connectivity index (χ2n) is 9.59. The zero-order valence-corrected chi connectivity index (χ0v) is 20.3. The fourth-order valence-electron chi connectivity index (χ4n) is 5.32. The fraction of sp³-hybridized carbons (Fsp3) is 0.500. The summed E-state index contributed by atoms with van der Waals surface area (Å²) in [4.78, 5) is 16.2. The average molecular weight is 463 g/mol. The highest BCUT2D eigenvalue weighted by Crippen LogP contribution is 2.41. The first-order chi connectivity index (χ1) is 16.4. The normalized spacial score (nSPS) is 22.3. The van der Waals surface area contributed by atoms with Crippen molar-refractivity contribution in [3.05, 3.63) is 47.4 Å². The van der Waals surface area contributed by atoms with E-state index in [1.165, 1.54) is 5.56 Å². The molecule has 3 aliphatic heterocycles. The Hall–Kier alpha value is -3.13. The Balaban J connectivity index is 1.47. The smallest absolute Gasteiger partial charge is 0.219 e. The summed E-state index contributed by atoms with van der Waals surface area (Å²) in [5.74, 6) is 0.918. The lowest BCUT2D eigenvalue weighted by molar-refractivity contribution is -0.128. The molecular formula is C26H34N6O2. The number of nitrogens with zero attached hydrogens (tertiary/aromatic N) is 4. The summed E-state index contributed by atoms with van der Waals surface area (Å²) in [5.41, 5.74) is 6.65. The van der Waals surface area contributed by atoms with Crippen LogP contribution in [0.15, 0.2) is 41.9 Å². The Bertz CT molecular complexity index is 1130. The largest absolute Gasteiger partial charge is 0.383 e. The average Bonchev–Trinajstić information content (AvgIpc) is 3.58. The Morgan fingerprint density at radius 2 is 2.18 bits per heavy atom. The number of amidine groups is 1. The number of rotatable bonds is 5. The summed E-state index contributed by atoms with van der Waals surface area (Å²) in [6, 6.07) is 6.81. The van der Waals surface area contributed by atoms with Gasteiger partial charge in [-0.05, 0) is 36.1 Å². The van der Waals surface area contributed by atoms with Crippen molar-refractivity contribution >= 4 is 17.4 Å². The molecule has 2 atom stereocenters. The Kier molecular flexibility index (Phi) is 6.16. The first kappa shape index (κ1) is 22.7. The molecule has 2 N–H and O–H groups in total. The van der Waals surface area contributed by atoms with E-state index in [0.29, 0.717) is 31.4 Å². The van der Waals surface area contributed by atoms with Crippen molar-refractivity contribution in [1.29, 1.82) is 5.41 Å². The minimum Gasteiger partial charge on any atom is -0.383 e. The van der Waals surface area contributed by atoms with Crippen molar-refractivity contribution in [3.63, 3.8) is 0 Å². The van der Waals surface area contributed by atoms with E-state index in [2.05, 4.69) is 40.4 Å². The van der Waals surface area contributed by atoms with Crippen LogP contribution in [0.25, 0.3) is 11.1 Å². The maximum Gasteiger partial charge on any atom is 0.219 e. The van der Waals surface area contributed by atoms with E-state index in [4.69, 9.17) is 4.74 Å². The van der Waals surface area contributed by atoms with E-state index >= 15 is 0 Å². The number of hydrogen-bond donors (Lipinski definition) is 2. The van der Waals surface area contributed by atoms with Gasteiger partial charge >= 0.3 is 0 Å². The number of hydrogen-bond acceptors (Lipinski definition) is 5. The quantitative estimate of drug-likeness (QED) is 0.526. The fourth-order valence-corrected chi connectivity index (χ4v) is 5.32. The van der Waals surface area contributed by atoms with Crippen molar-refractivity contribution in [2.24, 2.45) is 7.05 Å². The van der Waals surface area contributed by atoms with Crippen LogP contribution in [0.2, 0.25) is 0 Å². The van der Waals surface area contributed by atoms with E-state index in [1.807, 2.05) is 29.0 Å². The third-order valence-electron chi connectivity index (χ3n) is 7.35. The number of ether oxygens (including phenoxy) is 1. The van der Waals surface area contributed by atoms with Gasteiger partial charge in [-0.25, -0.2) is 0 Å². The SMILES string of the molecule is CCC1CN(C(=N)C2=C(NC3CCOC3)CCN(C(C)=O)C2)c2ccc(-c3cnn(C)c3)cc21. The van der Waals surface area contributed by atoms with Crippen LogP contribution in [0.1, 0.15) is 44.6 Å². The van der Waals surface area contributed by atoms with Gasteiger partial charge in [0.05, 0.1) is 25.4 Å². The monoisotopic (exact) mass is 462 g/mol. The molecule has 0 saturated carbocycles. The number of anilines is 1. The van der Waals surface area contributed by atoms with Gasteiger partial charge in [-0.3, -0.25) is 14.9 Å². The summed E-state index contributed by atoms with van der Waals surface area (Å²) in [6.45, 7) is 7.23. The highest BCUT2D eigenvalue weighted by Gasteiger charge is 2.34. The highest BCUT2D eigenvalue weighted by atomic mass is 16.5. The summed E-state index contributed by atoms with van der Waals surface area (Å²) in [6.07, 6.45) is 6.65. The van der Waals surface area contributed by atoms with Crippen LogP contribution in [0.3, 0.4) is 0 Å². The van der Waals surface area contributed by atoms with Crippen molar-refractivity contribution in [2.45, 2.75) is 45.1 Å². The molecule has 1 aromatic heterocycles. The van der Waals surface area contributed by atoms with Gasteiger partial charge < -0.3 is 19.9 Å². The molecule has 0 radical (unpaired) electrons. The van der Waals surface area contributed by atoms with Gasteiger partial charge in [0.15, 0.2) is 0 Å². The molecular weight excluding hydrogens is 428 g/mol. The first-order valence-corrected chi connectivity index (χ1v) is 12.3. The number of carbonyl (C=O) groups excluding carboxylic acids is 1. The molecule has 5 rings (SSSR count). The molecule has 180 valence electrons. The number of nitrogens with one attached hydrogen (secondary N) is 2. The van der Waals surface area contributed by atoms with Crippen LogP contribution in [0, 0.1) is 5.41 Å². The number of aromatic nitrogens is 2. The summed E-state index contributed by atoms with van der Waals surface area (Å²) in [5, 5.41) is 17.3. The van der Waals surface area contributed by atoms with E-state index in [9.17, 15) is 10.2 Å². The second kappa shape index (κ2) is 9.25. The van der Waals surface area contributed by atoms with Crippen LogP contribution >= 0.6 is 0 Å². The zero-order chi connectivity index (χ0) is 23.8. The zero-order valence-electron chi connectivity index (χ0n) is 20.3. The van der Waals surface area contributed by atoms with Crippen molar-refractivity contribution in [3.8, 4) is 11.1 Å². The predicted octanol–water partition coefficient (Wildman–Crippen LogP) is 3.26. The summed E-state index contributed by atoms with van der Waals surface area (Å²) in [7, 11) is 1.93. The molecule has 0 aliphatic carbocycles. The highest BCUT2D eigenvalue weighted by molar-refractivity contribution is 6.10. The molecule has 4 heterocycles. The third kappa shape index (κ3) is 4.22. The standard InChI is InChI=1S/C26H34N6O2/c1-4-18-14-32(25-6-5-19(11-22(18)25)20-12-28-30(3)13-20)26(27)23-15-31(17(2)33)9-7-24(23)29-21-8-10-34-16-21/h5-6,11-13,18,21,27,29H,4,7-10,14-16H2,1-3H3. The predicted molar refractivity (Wildman–Crippen MR) is 133 cm³/mol. The molecule has 2 unspecified atom stereocenters. The molecule has 34 heavy (non-hydrogen) atoms. The van der Waals surface area contributed by atoms with Crippen LogP contribution in [0.4, 0.5) is 5.69 Å². The molecule has 8 nitrogen and oxygen atoms in total. The van der Waals surface area contributed by atoms with Crippen LogP contribution in [-0.2, 0) is 16.6 Å². The maximum atomic E-state index is 12.2. The van der Waals surface area contributed by atoms with Gasteiger partial charge in [0.2, 0.25) is 5.91 Å². The van der Waals surface area contributed by atoms with E-state index < -0.39 is 0 Å². The van der Waals surface area contributed by atoms with Gasteiger partial charge in [0.1, 0.15) is 5.84 Å². The molecule has 1 amide bonds. The molecule has 1 fully saturated rings. The van der Waals surface area contributed by atoms with Gasteiger partial charge in [0.25, 0.3) is 0 Å². The molecule has 0 bridgehead atoms. The molecule has 1 aromatic carbocycles. The lowest BCUT2D eigenvalue weighted by Gasteiger charge is -2.34. The summed E-state index contributed by atoms with van der Waals surface area (Å²) < 4.78 is 7.38. The number of aryl methyl sites for hydroxylation is 1. The molecule has 0 spiro atoms. The first-order valence-electron chi connectivity index (χ1n) is 12.3. The Morgan fingerprint density at radius 1 is 1.32 bits per heavy atom. The van der Waals surface area contributed by atoms with Crippen molar-refractivity contribution in [2.75, 3.05) is 37.7 Å². The number of benzene rings is 1. The maximum absolute atomic E-state index is 12.2. The molecule has 3 aliphatic rings. The second-order valence-corrected chi connectivity index (χ2v) is 9.59. The number of amides is 1. The topological polar surface area (TPSA) is 86.5 Å². The van der Waals surface area contributed by atoms with Gasteiger partial charge in [-0.1, -0.05) is 13.0 Å². The van der Waals surface area contributed by atoms with Crippen LogP contribution in [0.5, 0.6) is 0 Å². The van der Waals surface area contributed by atoms with Gasteiger partial charge in [0, 0.05) is 74.7 Å². The Morgan fingerprint density at radius 3 is 2.85 bits per heavy atom. The van der Waals surface area contributed by atoms with Crippen LogP contribution < -0.4 is 10.2 Å². The van der Waals surface area contributed by atoms with Crippen molar-refractivity contribution < 1.29 is 9.53 Å². The van der Waals surface area contributed by atoms with Crippen molar-refractivity contribution in [1.82, 2.24) is 20.0 Å². The summed E-state index contributed by atoms with van der Waals surface area (Å²) >= 11 is 0. The lowest BCUT2D eigenvalue weighted by Crippen LogP contribution is -2.45. The Labute approximate surface area is 201 Å². The molecule has 1 saturated heterocycles. The number of carbonyl (C=O) groups is 1. The van der Waals surface area contributed by atoms with E-state index in [1.54, 1.807) is 6.92 Å². The molecule has 2 aromatic rings.